The molecule has 1 unspecified atom stereocenters. The molecule has 0 saturated carbocycles. The van der Waals surface area contributed by atoms with Gasteiger partial charge in [-0.15, -0.1) is 11.8 Å². The number of nitrogens with zero attached hydrogens (tertiary/aromatic N) is 1. The first-order valence-electron chi connectivity index (χ1n) is 11.5. The lowest BCUT2D eigenvalue weighted by molar-refractivity contribution is -0.136. The molecule has 0 bridgehead atoms. The van der Waals surface area contributed by atoms with Crippen LogP contribution >= 0.6 is 11.8 Å². The van der Waals surface area contributed by atoms with Crippen LogP contribution in [0.4, 0.5) is 0 Å². The van der Waals surface area contributed by atoms with Gasteiger partial charge < -0.3 is 15.2 Å². The highest BCUT2D eigenvalue weighted by Crippen LogP contribution is 2.26. The van der Waals surface area contributed by atoms with E-state index in [2.05, 4.69) is 10.3 Å². The van der Waals surface area contributed by atoms with Crippen LogP contribution in [0.5, 0.6) is 5.75 Å². The van der Waals surface area contributed by atoms with E-state index in [4.69, 9.17) is 4.74 Å². The van der Waals surface area contributed by atoms with E-state index >= 15 is 0 Å². The zero-order chi connectivity index (χ0) is 25.2. The summed E-state index contributed by atoms with van der Waals surface area (Å²) in [6.07, 6.45) is 2.14. The Bertz CT molecular complexity index is 1260. The summed E-state index contributed by atoms with van der Waals surface area (Å²) in [4.78, 5) is 29.4. The van der Waals surface area contributed by atoms with E-state index in [1.807, 2.05) is 84.9 Å². The summed E-state index contributed by atoms with van der Waals surface area (Å²) in [5.74, 6) is -0.348. The zero-order valence-electron chi connectivity index (χ0n) is 19.5. The molecule has 2 N–H and O–H groups in total. The topological polar surface area (TPSA) is 88.5 Å². The number of rotatable bonds is 11. The molecule has 0 saturated heterocycles. The third-order valence-corrected chi connectivity index (χ3v) is 6.60. The predicted octanol–water partition coefficient (Wildman–Crippen LogP) is 5.35. The summed E-state index contributed by atoms with van der Waals surface area (Å²) in [5, 5.41) is 11.9. The summed E-state index contributed by atoms with van der Waals surface area (Å²) in [6, 6.07) is 29.9. The Kier molecular flexibility index (Phi) is 8.72. The van der Waals surface area contributed by atoms with Gasteiger partial charge >= 0.3 is 5.97 Å². The molecule has 0 fully saturated rings. The van der Waals surface area contributed by atoms with Gasteiger partial charge in [0.05, 0.1) is 12.2 Å². The van der Waals surface area contributed by atoms with Gasteiger partial charge in [0.1, 0.15) is 17.6 Å². The van der Waals surface area contributed by atoms with Gasteiger partial charge in [0.15, 0.2) is 0 Å². The number of aromatic nitrogens is 1. The lowest BCUT2D eigenvalue weighted by Gasteiger charge is -2.13. The van der Waals surface area contributed by atoms with E-state index < -0.39 is 11.2 Å². The third-order valence-electron chi connectivity index (χ3n) is 5.41. The van der Waals surface area contributed by atoms with Crippen LogP contribution in [-0.2, 0) is 11.2 Å². The highest BCUT2D eigenvalue weighted by molar-refractivity contribution is 8.00. The van der Waals surface area contributed by atoms with E-state index in [1.54, 1.807) is 18.3 Å². The molecular weight excluding hydrogens is 472 g/mol. The maximum absolute atomic E-state index is 12.4. The molecule has 0 radical (unpaired) electrons. The number of ether oxygens (including phenoxy) is 1. The number of carboxylic acid groups (broad SMARTS) is 1. The molecule has 0 aliphatic rings. The molecule has 0 aliphatic carbocycles. The van der Waals surface area contributed by atoms with Gasteiger partial charge in [0.25, 0.3) is 5.91 Å². The van der Waals surface area contributed by atoms with Crippen LogP contribution in [0, 0.1) is 0 Å². The number of hydrogen-bond acceptors (Lipinski definition) is 5. The Morgan fingerprint density at radius 1 is 0.889 bits per heavy atom. The Balaban J connectivity index is 1.22. The number of benzene rings is 3. The molecule has 4 aromatic rings. The first kappa shape index (κ1) is 25.0. The molecule has 0 spiro atoms. The van der Waals surface area contributed by atoms with Crippen LogP contribution in [0.3, 0.4) is 0 Å². The molecule has 7 heteroatoms. The summed E-state index contributed by atoms with van der Waals surface area (Å²) in [5.41, 5.74) is 3.30. The number of thioether (sulfide) groups is 1. The number of carbonyl (C=O) groups excluding carboxylic acids is 1. The number of carbonyl (C=O) groups is 2. The Morgan fingerprint density at radius 2 is 1.61 bits per heavy atom. The van der Waals surface area contributed by atoms with Crippen molar-refractivity contribution in [1.82, 2.24) is 10.3 Å². The SMILES string of the molecule is O=C(NCCOc1ccc(CC(Sc2ccccc2)C(=O)O)cc1)c1ccc(-c2ccccn2)cc1. The van der Waals surface area contributed by atoms with E-state index in [0.717, 1.165) is 21.7 Å². The van der Waals surface area contributed by atoms with Crippen LogP contribution < -0.4 is 10.1 Å². The normalized spacial score (nSPS) is 11.4. The Labute approximate surface area is 214 Å². The van der Waals surface area contributed by atoms with Crippen LogP contribution in [0.25, 0.3) is 11.3 Å². The fourth-order valence-corrected chi connectivity index (χ4v) is 4.56. The average Bonchev–Trinajstić information content (AvgIpc) is 2.92. The summed E-state index contributed by atoms with van der Waals surface area (Å²) in [6.45, 7) is 0.677. The summed E-state index contributed by atoms with van der Waals surface area (Å²) < 4.78 is 5.73. The van der Waals surface area contributed by atoms with Gasteiger partial charge in [-0.25, -0.2) is 0 Å². The van der Waals surface area contributed by atoms with E-state index in [0.29, 0.717) is 30.9 Å². The van der Waals surface area contributed by atoms with Crippen LogP contribution in [0.1, 0.15) is 15.9 Å². The molecular formula is C29H26N2O4S. The van der Waals surface area contributed by atoms with Crippen molar-refractivity contribution in [3.63, 3.8) is 0 Å². The average molecular weight is 499 g/mol. The fraction of sp³-hybridized carbons (Fsp3) is 0.138. The minimum absolute atomic E-state index is 0.169. The molecule has 182 valence electrons. The van der Waals surface area contributed by atoms with Gasteiger partial charge in [-0.3, -0.25) is 14.6 Å². The second-order valence-corrected chi connectivity index (χ2v) is 9.28. The number of nitrogens with one attached hydrogen (secondary N) is 1. The minimum Gasteiger partial charge on any atom is -0.492 e. The van der Waals surface area contributed by atoms with Gasteiger partial charge in [-0.2, -0.15) is 0 Å². The molecule has 6 nitrogen and oxygen atoms in total. The highest BCUT2D eigenvalue weighted by Gasteiger charge is 2.19. The quantitative estimate of drug-likeness (QED) is 0.214. The first-order valence-corrected chi connectivity index (χ1v) is 12.4. The van der Waals surface area contributed by atoms with Gasteiger partial charge in [-0.05, 0) is 60.5 Å². The number of hydrogen-bond donors (Lipinski definition) is 2. The standard InChI is InChI=1S/C29H26N2O4S/c32-28(23-13-11-22(12-14-23)26-8-4-5-17-30-26)31-18-19-35-24-15-9-21(10-16-24)20-27(29(33)34)36-25-6-2-1-3-7-25/h1-17,27H,18-20H2,(H,31,32)(H,33,34). The van der Waals surface area contributed by atoms with Crippen LogP contribution in [0.2, 0.25) is 0 Å². The van der Waals surface area contributed by atoms with Gasteiger partial charge in [0, 0.05) is 22.2 Å². The highest BCUT2D eigenvalue weighted by atomic mass is 32.2. The number of carboxylic acids is 1. The second-order valence-electron chi connectivity index (χ2n) is 8.00. The number of pyridine rings is 1. The number of aliphatic carboxylic acids is 1. The lowest BCUT2D eigenvalue weighted by Crippen LogP contribution is -2.28. The molecule has 4 rings (SSSR count). The zero-order valence-corrected chi connectivity index (χ0v) is 20.4. The molecule has 1 aromatic heterocycles. The van der Waals surface area contributed by atoms with Gasteiger partial charge in [0.2, 0.25) is 0 Å². The van der Waals surface area contributed by atoms with Crippen molar-refractivity contribution in [2.45, 2.75) is 16.6 Å². The number of amides is 1. The first-order chi connectivity index (χ1) is 17.6. The molecule has 1 amide bonds. The minimum atomic E-state index is -0.841. The van der Waals surface area contributed by atoms with Crippen molar-refractivity contribution in [2.24, 2.45) is 0 Å². The summed E-state index contributed by atoms with van der Waals surface area (Å²) in [7, 11) is 0. The molecule has 36 heavy (non-hydrogen) atoms. The fourth-order valence-electron chi connectivity index (χ4n) is 3.54. The van der Waals surface area contributed by atoms with E-state index in [1.165, 1.54) is 11.8 Å². The van der Waals surface area contributed by atoms with Crippen molar-refractivity contribution in [3.8, 4) is 17.0 Å². The largest absolute Gasteiger partial charge is 0.492 e. The molecule has 3 aromatic carbocycles. The molecule has 0 aliphatic heterocycles. The smallest absolute Gasteiger partial charge is 0.317 e. The predicted molar refractivity (Wildman–Crippen MR) is 141 cm³/mol. The third kappa shape index (κ3) is 7.20. The lowest BCUT2D eigenvalue weighted by atomic mass is 10.1. The molecule has 1 heterocycles. The second kappa shape index (κ2) is 12.6. The maximum Gasteiger partial charge on any atom is 0.317 e. The van der Waals surface area contributed by atoms with Gasteiger partial charge in [-0.1, -0.05) is 48.5 Å². The van der Waals surface area contributed by atoms with Crippen molar-refractivity contribution in [1.29, 1.82) is 0 Å². The van der Waals surface area contributed by atoms with Crippen molar-refractivity contribution >= 4 is 23.6 Å². The van der Waals surface area contributed by atoms with Crippen molar-refractivity contribution in [2.75, 3.05) is 13.2 Å². The monoisotopic (exact) mass is 498 g/mol. The van der Waals surface area contributed by atoms with Crippen LogP contribution in [-0.4, -0.2) is 40.4 Å². The van der Waals surface area contributed by atoms with E-state index in [-0.39, 0.29) is 5.91 Å². The van der Waals surface area contributed by atoms with E-state index in [9.17, 15) is 14.7 Å². The van der Waals surface area contributed by atoms with Crippen LogP contribution in [0.15, 0.2) is 108 Å². The Morgan fingerprint density at radius 3 is 2.28 bits per heavy atom. The van der Waals surface area contributed by atoms with Crippen molar-refractivity contribution in [3.05, 3.63) is 114 Å². The maximum atomic E-state index is 12.4. The van der Waals surface area contributed by atoms with Crippen molar-refractivity contribution < 1.29 is 19.4 Å². The molecule has 1 atom stereocenters. The Hall–Kier alpha value is -4.10. The summed E-state index contributed by atoms with van der Waals surface area (Å²) >= 11 is 1.34.